The van der Waals surface area contributed by atoms with Crippen LogP contribution < -0.4 is 10.6 Å². The topological polar surface area (TPSA) is 74.3 Å². The van der Waals surface area contributed by atoms with E-state index in [-0.39, 0.29) is 17.7 Å². The number of carbonyl (C=O) groups is 2. The maximum atomic E-state index is 12.8. The summed E-state index contributed by atoms with van der Waals surface area (Å²) in [5.74, 6) is 0.349. The zero-order valence-corrected chi connectivity index (χ0v) is 15.1. The lowest BCUT2D eigenvalue weighted by molar-refractivity contribution is -0.126. The van der Waals surface area contributed by atoms with Crippen molar-refractivity contribution in [3.8, 4) is 0 Å². The fraction of sp³-hybridized carbons (Fsp3) is 0.688. The van der Waals surface area contributed by atoms with Crippen LogP contribution in [0.25, 0.3) is 0 Å². The van der Waals surface area contributed by atoms with Crippen LogP contribution in [0.5, 0.6) is 0 Å². The number of carbonyl (C=O) groups excluding carboxylic acids is 2. The van der Waals surface area contributed by atoms with Crippen LogP contribution in [0.3, 0.4) is 0 Å². The van der Waals surface area contributed by atoms with E-state index in [0.29, 0.717) is 31.1 Å². The van der Waals surface area contributed by atoms with Crippen molar-refractivity contribution >= 4 is 28.3 Å². The monoisotopic (exact) mass is 338 g/mol. The molecule has 2 amide bonds. The second kappa shape index (κ2) is 7.77. The lowest BCUT2D eigenvalue weighted by Gasteiger charge is -2.32. The molecule has 128 valence electrons. The van der Waals surface area contributed by atoms with E-state index >= 15 is 0 Å². The highest BCUT2D eigenvalue weighted by Gasteiger charge is 2.31. The standard InChI is InChI=1S/C16H26N4O2S/c1-10(2)8-18-14(21)12-6-5-7-20(9-12)16(22)13-11(3)19-23-15(13)17-4/h10,12,17H,5-9H2,1-4H3,(H,18,21)/t12-/m1/s1. The summed E-state index contributed by atoms with van der Waals surface area (Å²) in [5, 5.41) is 6.80. The van der Waals surface area contributed by atoms with Crippen LogP contribution in [-0.4, -0.2) is 47.8 Å². The van der Waals surface area contributed by atoms with E-state index in [1.807, 2.05) is 6.92 Å². The number of hydrogen-bond donors (Lipinski definition) is 2. The molecule has 0 saturated carbocycles. The zero-order valence-electron chi connectivity index (χ0n) is 14.3. The smallest absolute Gasteiger partial charge is 0.258 e. The lowest BCUT2D eigenvalue weighted by atomic mass is 9.96. The second-order valence-electron chi connectivity index (χ2n) is 6.45. The Labute approximate surface area is 141 Å². The molecule has 0 spiro atoms. The Morgan fingerprint density at radius 3 is 2.83 bits per heavy atom. The highest BCUT2D eigenvalue weighted by atomic mass is 32.1. The molecule has 7 heteroatoms. The molecule has 6 nitrogen and oxygen atoms in total. The molecule has 1 fully saturated rings. The van der Waals surface area contributed by atoms with Gasteiger partial charge in [0.1, 0.15) is 5.00 Å². The maximum absolute atomic E-state index is 12.8. The van der Waals surface area contributed by atoms with Gasteiger partial charge in [0, 0.05) is 26.7 Å². The number of rotatable bonds is 5. The molecule has 0 unspecified atom stereocenters. The minimum Gasteiger partial charge on any atom is -0.378 e. The normalized spacial score (nSPS) is 18.1. The first-order valence-electron chi connectivity index (χ1n) is 8.15. The predicted octanol–water partition coefficient (Wildman–Crippen LogP) is 2.12. The third kappa shape index (κ3) is 4.22. The van der Waals surface area contributed by atoms with Crippen LogP contribution in [0.1, 0.15) is 42.7 Å². The van der Waals surface area contributed by atoms with E-state index in [1.165, 1.54) is 11.5 Å². The Bertz CT molecular complexity index is 570. The SMILES string of the molecule is CNc1snc(C)c1C(=O)N1CCC[C@@H](C(=O)NCC(C)C)C1. The fourth-order valence-electron chi connectivity index (χ4n) is 2.78. The van der Waals surface area contributed by atoms with Gasteiger partial charge in [-0.3, -0.25) is 9.59 Å². The number of aryl methyl sites for hydroxylation is 1. The van der Waals surface area contributed by atoms with Gasteiger partial charge in [-0.25, -0.2) is 0 Å². The first-order chi connectivity index (χ1) is 10.9. The van der Waals surface area contributed by atoms with Gasteiger partial charge in [-0.2, -0.15) is 4.37 Å². The molecule has 1 aliphatic heterocycles. The average molecular weight is 338 g/mol. The maximum Gasteiger partial charge on any atom is 0.258 e. The van der Waals surface area contributed by atoms with E-state index in [2.05, 4.69) is 28.9 Å². The molecule has 1 aromatic rings. The van der Waals surface area contributed by atoms with E-state index in [0.717, 1.165) is 23.5 Å². The third-order valence-corrected chi connectivity index (χ3v) is 5.02. The molecule has 0 aliphatic carbocycles. The number of aromatic nitrogens is 1. The highest BCUT2D eigenvalue weighted by Crippen LogP contribution is 2.27. The molecular weight excluding hydrogens is 312 g/mol. The second-order valence-corrected chi connectivity index (χ2v) is 7.22. The molecule has 23 heavy (non-hydrogen) atoms. The van der Waals surface area contributed by atoms with Gasteiger partial charge in [0.25, 0.3) is 5.91 Å². The number of hydrogen-bond acceptors (Lipinski definition) is 5. The molecule has 2 N–H and O–H groups in total. The summed E-state index contributed by atoms with van der Waals surface area (Å²) in [6, 6.07) is 0. The van der Waals surface area contributed by atoms with Crippen molar-refractivity contribution in [3.05, 3.63) is 11.3 Å². The van der Waals surface area contributed by atoms with E-state index in [1.54, 1.807) is 11.9 Å². The van der Waals surface area contributed by atoms with Crippen LogP contribution in [-0.2, 0) is 4.79 Å². The minimum atomic E-state index is -0.114. The van der Waals surface area contributed by atoms with Crippen molar-refractivity contribution in [2.24, 2.45) is 11.8 Å². The number of nitrogens with one attached hydrogen (secondary N) is 2. The van der Waals surface area contributed by atoms with Gasteiger partial charge in [0.15, 0.2) is 0 Å². The van der Waals surface area contributed by atoms with Crippen LogP contribution in [0, 0.1) is 18.8 Å². The van der Waals surface area contributed by atoms with Crippen molar-refractivity contribution in [2.75, 3.05) is 32.0 Å². The number of nitrogens with zero attached hydrogens (tertiary/aromatic N) is 2. The molecule has 1 atom stereocenters. The molecule has 1 aliphatic rings. The van der Waals surface area contributed by atoms with Gasteiger partial charge < -0.3 is 15.5 Å². The Morgan fingerprint density at radius 2 is 2.17 bits per heavy atom. The van der Waals surface area contributed by atoms with Crippen molar-refractivity contribution in [2.45, 2.75) is 33.6 Å². The minimum absolute atomic E-state index is 0.0260. The molecular formula is C16H26N4O2S. The molecule has 1 aromatic heterocycles. The zero-order chi connectivity index (χ0) is 17.0. The van der Waals surface area contributed by atoms with E-state index < -0.39 is 0 Å². The molecule has 2 rings (SSSR count). The summed E-state index contributed by atoms with van der Waals surface area (Å²) < 4.78 is 4.26. The predicted molar refractivity (Wildman–Crippen MR) is 92.9 cm³/mol. The Kier molecular flexibility index (Phi) is 5.98. The third-order valence-electron chi connectivity index (χ3n) is 4.07. The summed E-state index contributed by atoms with van der Waals surface area (Å²) in [4.78, 5) is 26.9. The van der Waals surface area contributed by atoms with Crippen molar-refractivity contribution in [1.29, 1.82) is 0 Å². The number of anilines is 1. The average Bonchev–Trinajstić information content (AvgIpc) is 2.92. The lowest BCUT2D eigenvalue weighted by Crippen LogP contribution is -2.46. The van der Waals surface area contributed by atoms with Gasteiger partial charge >= 0.3 is 0 Å². The van der Waals surface area contributed by atoms with Crippen LogP contribution in [0.2, 0.25) is 0 Å². The number of amides is 2. The van der Waals surface area contributed by atoms with Crippen molar-refractivity contribution < 1.29 is 9.59 Å². The van der Waals surface area contributed by atoms with E-state index in [4.69, 9.17) is 0 Å². The van der Waals surface area contributed by atoms with Gasteiger partial charge in [0.2, 0.25) is 5.91 Å². The number of piperidine rings is 1. The summed E-state index contributed by atoms with van der Waals surface area (Å²) >= 11 is 1.30. The van der Waals surface area contributed by atoms with Crippen molar-refractivity contribution in [3.63, 3.8) is 0 Å². The molecule has 2 heterocycles. The first kappa shape index (κ1) is 17.7. The van der Waals surface area contributed by atoms with Gasteiger partial charge in [-0.05, 0) is 37.2 Å². The van der Waals surface area contributed by atoms with Crippen LogP contribution >= 0.6 is 11.5 Å². The number of likely N-dealkylation sites (tertiary alicyclic amines) is 1. The Morgan fingerprint density at radius 1 is 1.43 bits per heavy atom. The highest BCUT2D eigenvalue weighted by molar-refractivity contribution is 7.10. The molecule has 0 radical (unpaired) electrons. The molecule has 0 aromatic carbocycles. The van der Waals surface area contributed by atoms with E-state index in [9.17, 15) is 9.59 Å². The van der Waals surface area contributed by atoms with Crippen molar-refractivity contribution in [1.82, 2.24) is 14.6 Å². The quantitative estimate of drug-likeness (QED) is 0.862. The Hall–Kier alpha value is -1.63. The largest absolute Gasteiger partial charge is 0.378 e. The summed E-state index contributed by atoms with van der Waals surface area (Å²) in [6.45, 7) is 7.86. The fourth-order valence-corrected chi connectivity index (χ4v) is 3.51. The summed E-state index contributed by atoms with van der Waals surface area (Å²) in [5.41, 5.74) is 1.39. The van der Waals surface area contributed by atoms with Gasteiger partial charge in [0.05, 0.1) is 17.2 Å². The Balaban J connectivity index is 2.04. The summed E-state index contributed by atoms with van der Waals surface area (Å²) in [7, 11) is 1.79. The van der Waals surface area contributed by atoms with Crippen LogP contribution in [0.15, 0.2) is 0 Å². The molecule has 0 bridgehead atoms. The van der Waals surface area contributed by atoms with Crippen LogP contribution in [0.4, 0.5) is 5.00 Å². The summed E-state index contributed by atoms with van der Waals surface area (Å²) in [6.07, 6.45) is 1.70. The molecule has 1 saturated heterocycles. The first-order valence-corrected chi connectivity index (χ1v) is 8.92. The van der Waals surface area contributed by atoms with Gasteiger partial charge in [-0.1, -0.05) is 13.8 Å². The van der Waals surface area contributed by atoms with Gasteiger partial charge in [-0.15, -0.1) is 0 Å².